The van der Waals surface area contributed by atoms with E-state index in [1.807, 2.05) is 12.1 Å². The summed E-state index contributed by atoms with van der Waals surface area (Å²) in [6.07, 6.45) is 2.65. The molecule has 2 N–H and O–H groups in total. The van der Waals surface area contributed by atoms with Crippen molar-refractivity contribution in [1.82, 2.24) is 0 Å². The van der Waals surface area contributed by atoms with Gasteiger partial charge in [-0.05, 0) is 36.9 Å². The Balaban J connectivity index is 0.000000561. The second-order valence-electron chi connectivity index (χ2n) is 2.21. The van der Waals surface area contributed by atoms with Crippen LogP contribution in [-0.2, 0) is 6.42 Å². The van der Waals surface area contributed by atoms with E-state index in [0.29, 0.717) is 6.54 Å². The summed E-state index contributed by atoms with van der Waals surface area (Å²) in [7, 11) is 0. The topological polar surface area (TPSA) is 26.0 Å². The summed E-state index contributed by atoms with van der Waals surface area (Å²) in [5.41, 5.74) is 6.66. The molecule has 0 atom stereocenters. The lowest BCUT2D eigenvalue weighted by Gasteiger charge is -1.96. The van der Waals surface area contributed by atoms with Crippen LogP contribution in [0.5, 0.6) is 0 Å². The Bertz CT molecular complexity index is 196. The Hall–Kier alpha value is -0.120. The van der Waals surface area contributed by atoms with Crippen LogP contribution in [0.3, 0.4) is 0 Å². The second kappa shape index (κ2) is 7.53. The van der Waals surface area contributed by atoms with Crippen LogP contribution in [0.25, 0.3) is 0 Å². The van der Waals surface area contributed by atoms with Crippen molar-refractivity contribution in [1.29, 1.82) is 0 Å². The van der Waals surface area contributed by atoms with Gasteiger partial charge in [-0.25, -0.2) is 0 Å². The smallest absolute Gasteiger partial charge is 0.00401 e. The van der Waals surface area contributed by atoms with Crippen molar-refractivity contribution in [3.8, 4) is 0 Å². The molecule has 0 heterocycles. The van der Waals surface area contributed by atoms with Crippen LogP contribution in [-0.4, -0.2) is 12.8 Å². The van der Waals surface area contributed by atoms with Crippen LogP contribution in [0.15, 0.2) is 29.2 Å². The number of benzene rings is 1. The van der Waals surface area contributed by atoms with E-state index >= 15 is 0 Å². The summed E-state index contributed by atoms with van der Waals surface area (Å²) >= 11 is 7.70. The molecule has 0 unspecified atom stereocenters. The minimum Gasteiger partial charge on any atom is -0.330 e. The zero-order chi connectivity index (χ0) is 9.40. The first-order valence-corrected chi connectivity index (χ1v) is 5.10. The quantitative estimate of drug-likeness (QED) is 0.627. The van der Waals surface area contributed by atoms with E-state index in [1.165, 1.54) is 5.56 Å². The summed E-state index contributed by atoms with van der Waals surface area (Å²) in [5, 5.41) is 0. The van der Waals surface area contributed by atoms with Crippen molar-refractivity contribution in [2.24, 2.45) is 5.73 Å². The fraction of sp³-hybridized carbons (Fsp3) is 0.333. The summed E-state index contributed by atoms with van der Waals surface area (Å²) in [4.78, 5) is 1.00. The molecule has 1 aromatic carbocycles. The van der Waals surface area contributed by atoms with Crippen LogP contribution in [0.1, 0.15) is 5.56 Å². The van der Waals surface area contributed by atoms with Gasteiger partial charge in [0.15, 0.2) is 0 Å². The van der Waals surface area contributed by atoms with Crippen molar-refractivity contribution in [3.63, 3.8) is 0 Å². The Morgan fingerprint density at radius 2 is 1.67 bits per heavy atom. The molecule has 0 aliphatic rings. The lowest BCUT2D eigenvalue weighted by Crippen LogP contribution is -2.01. The van der Waals surface area contributed by atoms with Gasteiger partial charge in [0.25, 0.3) is 0 Å². The van der Waals surface area contributed by atoms with Crippen molar-refractivity contribution >= 4 is 25.3 Å². The number of hydrogen-bond acceptors (Lipinski definition) is 3. The summed E-state index contributed by atoms with van der Waals surface area (Å²) < 4.78 is 0. The van der Waals surface area contributed by atoms with Crippen molar-refractivity contribution < 1.29 is 0 Å². The molecule has 0 aromatic heterocycles. The molecule has 0 saturated heterocycles. The Labute approximate surface area is 85.2 Å². The third-order valence-electron chi connectivity index (χ3n) is 1.37. The molecule has 0 spiro atoms. The van der Waals surface area contributed by atoms with E-state index in [9.17, 15) is 0 Å². The molecule has 1 aromatic rings. The van der Waals surface area contributed by atoms with Gasteiger partial charge in [-0.2, -0.15) is 12.6 Å². The standard InChI is InChI=1S/C8H11NS.CH4S/c9-6-5-7-1-3-8(10)4-2-7;1-2/h1-4,10H,5-6,9H2;2H,1H3. The molecule has 0 fully saturated rings. The first-order chi connectivity index (χ1) is 5.83. The highest BCUT2D eigenvalue weighted by atomic mass is 32.1. The van der Waals surface area contributed by atoms with E-state index in [1.54, 1.807) is 6.26 Å². The highest BCUT2D eigenvalue weighted by Gasteiger charge is 1.88. The molecular weight excluding hydrogens is 186 g/mol. The summed E-state index contributed by atoms with van der Waals surface area (Å²) in [6.45, 7) is 0.714. The Morgan fingerprint density at radius 3 is 2.08 bits per heavy atom. The van der Waals surface area contributed by atoms with Crippen LogP contribution in [0, 0.1) is 0 Å². The largest absolute Gasteiger partial charge is 0.330 e. The predicted octanol–water partition coefficient (Wildman–Crippen LogP) is 2.02. The predicted molar refractivity (Wildman–Crippen MR) is 61.4 cm³/mol. The van der Waals surface area contributed by atoms with E-state index in [-0.39, 0.29) is 0 Å². The first-order valence-electron chi connectivity index (χ1n) is 3.75. The van der Waals surface area contributed by atoms with Gasteiger partial charge < -0.3 is 5.73 Å². The highest BCUT2D eigenvalue weighted by molar-refractivity contribution is 7.80. The zero-order valence-corrected chi connectivity index (χ0v) is 8.98. The fourth-order valence-electron chi connectivity index (χ4n) is 0.829. The molecule has 1 nitrogen and oxygen atoms in total. The van der Waals surface area contributed by atoms with Gasteiger partial charge >= 0.3 is 0 Å². The molecule has 1 rings (SSSR count). The maximum atomic E-state index is 5.38. The molecule has 0 aliphatic carbocycles. The van der Waals surface area contributed by atoms with Gasteiger partial charge in [0.2, 0.25) is 0 Å². The monoisotopic (exact) mass is 201 g/mol. The molecule has 68 valence electrons. The molecule has 0 radical (unpaired) electrons. The second-order valence-corrected chi connectivity index (χ2v) is 2.72. The van der Waals surface area contributed by atoms with E-state index in [0.717, 1.165) is 11.3 Å². The minimum atomic E-state index is 0.714. The maximum absolute atomic E-state index is 5.38. The summed E-state index contributed by atoms with van der Waals surface area (Å²) in [6, 6.07) is 8.06. The fourth-order valence-corrected chi connectivity index (χ4v) is 0.978. The molecule has 0 saturated carbocycles. The molecule has 12 heavy (non-hydrogen) atoms. The third kappa shape index (κ3) is 4.70. The van der Waals surface area contributed by atoms with E-state index in [2.05, 4.69) is 37.4 Å². The van der Waals surface area contributed by atoms with E-state index < -0.39 is 0 Å². The minimum absolute atomic E-state index is 0.714. The summed E-state index contributed by atoms with van der Waals surface area (Å²) in [5.74, 6) is 0. The number of thiol groups is 2. The van der Waals surface area contributed by atoms with Crippen LogP contribution < -0.4 is 5.73 Å². The number of hydrogen-bond donors (Lipinski definition) is 3. The van der Waals surface area contributed by atoms with Gasteiger partial charge in [0.05, 0.1) is 0 Å². The number of rotatable bonds is 2. The molecule has 0 amide bonds. The normalized spacial score (nSPS) is 8.67. The van der Waals surface area contributed by atoms with Crippen molar-refractivity contribution in [2.45, 2.75) is 11.3 Å². The van der Waals surface area contributed by atoms with E-state index in [4.69, 9.17) is 5.73 Å². The zero-order valence-electron chi connectivity index (χ0n) is 7.20. The molecule has 0 aliphatic heterocycles. The van der Waals surface area contributed by atoms with Crippen molar-refractivity contribution in [2.75, 3.05) is 12.8 Å². The van der Waals surface area contributed by atoms with Gasteiger partial charge in [-0.15, -0.1) is 12.6 Å². The van der Waals surface area contributed by atoms with Gasteiger partial charge in [0, 0.05) is 4.90 Å². The lowest BCUT2D eigenvalue weighted by atomic mass is 10.2. The average molecular weight is 201 g/mol. The van der Waals surface area contributed by atoms with Gasteiger partial charge in [0.1, 0.15) is 0 Å². The lowest BCUT2D eigenvalue weighted by molar-refractivity contribution is 0.967. The average Bonchev–Trinajstić information content (AvgIpc) is 2.13. The molecule has 0 bridgehead atoms. The SMILES string of the molecule is CS.NCCc1ccc(S)cc1. The van der Waals surface area contributed by atoms with Crippen LogP contribution >= 0.6 is 25.3 Å². The van der Waals surface area contributed by atoms with Crippen molar-refractivity contribution in [3.05, 3.63) is 29.8 Å². The van der Waals surface area contributed by atoms with Crippen LogP contribution in [0.4, 0.5) is 0 Å². The first kappa shape index (κ1) is 11.9. The number of nitrogens with two attached hydrogens (primary N) is 1. The maximum Gasteiger partial charge on any atom is 0.00401 e. The van der Waals surface area contributed by atoms with Crippen LogP contribution in [0.2, 0.25) is 0 Å². The molecule has 3 heteroatoms. The molecular formula is C9H15NS2. The third-order valence-corrected chi connectivity index (χ3v) is 1.67. The highest BCUT2D eigenvalue weighted by Crippen LogP contribution is 2.07. The van der Waals surface area contributed by atoms with Gasteiger partial charge in [-0.1, -0.05) is 12.1 Å². The van der Waals surface area contributed by atoms with Gasteiger partial charge in [-0.3, -0.25) is 0 Å². The Kier molecular flexibility index (Phi) is 7.45. The Morgan fingerprint density at radius 1 is 1.17 bits per heavy atom.